The zero-order chi connectivity index (χ0) is 19.1. The summed E-state index contributed by atoms with van der Waals surface area (Å²) >= 11 is 0. The highest BCUT2D eigenvalue weighted by molar-refractivity contribution is 6.06. The summed E-state index contributed by atoms with van der Waals surface area (Å²) in [7, 11) is 0. The number of para-hydroxylation sites is 1. The second-order valence-corrected chi connectivity index (χ2v) is 7.86. The minimum Gasteiger partial charge on any atom is -0.347 e. The molecule has 3 heteroatoms. The maximum absolute atomic E-state index is 11.9. The maximum Gasteiger partial charge on any atom is 0.161 e. The molecule has 0 unspecified atom stereocenters. The lowest BCUT2D eigenvalue weighted by molar-refractivity contribution is 0.101. The molecule has 1 aliphatic rings. The normalized spacial score (nSPS) is 15.4. The molecule has 3 rings (SSSR count). The Morgan fingerprint density at radius 1 is 1.07 bits per heavy atom. The van der Waals surface area contributed by atoms with E-state index in [0.29, 0.717) is 0 Å². The fourth-order valence-corrected chi connectivity index (χ4v) is 4.15. The minimum absolute atomic E-state index is 0.152. The number of hydrogen-bond acceptors (Lipinski definition) is 2. The third-order valence-electron chi connectivity index (χ3n) is 5.78. The molecule has 0 atom stereocenters. The predicted molar refractivity (Wildman–Crippen MR) is 114 cm³/mol. The number of carbonyl (C=O) groups is 1. The first-order valence-electron chi connectivity index (χ1n) is 10.7. The number of Topliss-reactive ketones (excluding diaryl/α,β-unsaturated/α-hetero) is 1. The smallest absolute Gasteiger partial charge is 0.161 e. The van der Waals surface area contributed by atoms with Gasteiger partial charge in [-0.05, 0) is 51.6 Å². The number of unbranched alkanes of at least 4 members (excludes halogenated alkanes) is 3. The van der Waals surface area contributed by atoms with Crippen LogP contribution in [0.2, 0.25) is 0 Å². The molecule has 0 N–H and O–H groups in total. The van der Waals surface area contributed by atoms with Crippen molar-refractivity contribution in [2.75, 3.05) is 19.6 Å². The van der Waals surface area contributed by atoms with Crippen molar-refractivity contribution >= 4 is 16.7 Å². The Bertz CT molecular complexity index is 777. The zero-order valence-electron chi connectivity index (χ0n) is 17.0. The van der Waals surface area contributed by atoms with Crippen LogP contribution in [0.1, 0.15) is 69.2 Å². The summed E-state index contributed by atoms with van der Waals surface area (Å²) in [6.45, 7) is 8.45. The van der Waals surface area contributed by atoms with Crippen LogP contribution in [0.3, 0.4) is 0 Å². The van der Waals surface area contributed by atoms with Crippen molar-refractivity contribution in [3.8, 4) is 0 Å². The number of aryl methyl sites for hydroxylation is 1. The topological polar surface area (TPSA) is 25.2 Å². The van der Waals surface area contributed by atoms with Crippen molar-refractivity contribution in [3.05, 3.63) is 47.7 Å². The third-order valence-corrected chi connectivity index (χ3v) is 5.78. The Hall–Kier alpha value is -1.87. The van der Waals surface area contributed by atoms with Gasteiger partial charge >= 0.3 is 0 Å². The lowest BCUT2D eigenvalue weighted by Crippen LogP contribution is -2.32. The Kier molecular flexibility index (Phi) is 7.28. The van der Waals surface area contributed by atoms with E-state index in [9.17, 15) is 4.79 Å². The molecule has 1 aliphatic heterocycles. The van der Waals surface area contributed by atoms with Crippen LogP contribution in [0.5, 0.6) is 0 Å². The first kappa shape index (κ1) is 19.9. The number of allylic oxidation sites excluding steroid dienone is 1. The van der Waals surface area contributed by atoms with Crippen LogP contribution in [0.25, 0.3) is 10.9 Å². The van der Waals surface area contributed by atoms with E-state index in [0.717, 1.165) is 30.5 Å². The Morgan fingerprint density at radius 2 is 1.85 bits per heavy atom. The van der Waals surface area contributed by atoms with Crippen LogP contribution in [-0.4, -0.2) is 34.9 Å². The summed E-state index contributed by atoms with van der Waals surface area (Å²) in [4.78, 5) is 14.5. The number of carbonyl (C=O) groups excluding carboxylic acids is 1. The van der Waals surface area contributed by atoms with Crippen molar-refractivity contribution in [1.82, 2.24) is 9.47 Å². The number of ketones is 1. The molecule has 2 heterocycles. The van der Waals surface area contributed by atoms with Crippen LogP contribution in [0.15, 0.2) is 42.1 Å². The highest BCUT2D eigenvalue weighted by Crippen LogP contribution is 2.23. The molecule has 1 fully saturated rings. The minimum atomic E-state index is 0.152. The van der Waals surface area contributed by atoms with Gasteiger partial charge in [-0.1, -0.05) is 49.6 Å². The standard InChI is InChI=1S/C24H34N2O/c1-3-4-5-6-10-21-13-17-25(18-14-21)15-9-16-26-19-23(20(2)27)22-11-7-8-12-24(22)26/h7-8,10-12,19H,3-6,9,13-18H2,1-2H3. The SMILES string of the molecule is CCCCCC=C1CCN(CCCn2cc(C(C)=O)c3ccccc32)CC1. The quantitative estimate of drug-likeness (QED) is 0.317. The summed E-state index contributed by atoms with van der Waals surface area (Å²) in [5.74, 6) is 0.152. The second-order valence-electron chi connectivity index (χ2n) is 7.86. The molecule has 0 radical (unpaired) electrons. The molecule has 2 aromatic rings. The number of benzene rings is 1. The summed E-state index contributed by atoms with van der Waals surface area (Å²) in [5.41, 5.74) is 3.70. The molecule has 3 nitrogen and oxygen atoms in total. The fraction of sp³-hybridized carbons (Fsp3) is 0.542. The zero-order valence-corrected chi connectivity index (χ0v) is 17.0. The maximum atomic E-state index is 11.9. The van der Waals surface area contributed by atoms with Gasteiger partial charge in [-0.25, -0.2) is 0 Å². The van der Waals surface area contributed by atoms with Crippen LogP contribution in [0.4, 0.5) is 0 Å². The summed E-state index contributed by atoms with van der Waals surface area (Å²) in [6.07, 6.45) is 13.4. The lowest BCUT2D eigenvalue weighted by Gasteiger charge is -2.28. The van der Waals surface area contributed by atoms with E-state index in [4.69, 9.17) is 0 Å². The molecule has 0 amide bonds. The van der Waals surface area contributed by atoms with Gasteiger partial charge in [0, 0.05) is 42.3 Å². The van der Waals surface area contributed by atoms with Gasteiger partial charge in [0.1, 0.15) is 0 Å². The van der Waals surface area contributed by atoms with Crippen molar-refractivity contribution in [2.24, 2.45) is 0 Å². The van der Waals surface area contributed by atoms with Gasteiger partial charge in [-0.15, -0.1) is 0 Å². The molecule has 0 bridgehead atoms. The van der Waals surface area contributed by atoms with Crippen molar-refractivity contribution in [1.29, 1.82) is 0 Å². The van der Waals surface area contributed by atoms with E-state index in [-0.39, 0.29) is 5.78 Å². The highest BCUT2D eigenvalue weighted by Gasteiger charge is 2.14. The molecule has 1 saturated heterocycles. The first-order chi connectivity index (χ1) is 13.2. The largest absolute Gasteiger partial charge is 0.347 e. The average Bonchev–Trinajstić information content (AvgIpc) is 3.06. The van der Waals surface area contributed by atoms with Gasteiger partial charge in [0.25, 0.3) is 0 Å². The van der Waals surface area contributed by atoms with E-state index in [2.05, 4.69) is 40.7 Å². The van der Waals surface area contributed by atoms with E-state index in [1.165, 1.54) is 57.1 Å². The van der Waals surface area contributed by atoms with Gasteiger partial charge in [0.15, 0.2) is 5.78 Å². The van der Waals surface area contributed by atoms with Crippen molar-refractivity contribution in [3.63, 3.8) is 0 Å². The number of nitrogens with zero attached hydrogens (tertiary/aromatic N) is 2. The Balaban J connectivity index is 1.47. The van der Waals surface area contributed by atoms with Gasteiger partial charge in [-0.2, -0.15) is 0 Å². The van der Waals surface area contributed by atoms with E-state index < -0.39 is 0 Å². The van der Waals surface area contributed by atoms with Gasteiger partial charge in [-0.3, -0.25) is 4.79 Å². The molecule has 146 valence electrons. The van der Waals surface area contributed by atoms with Crippen LogP contribution >= 0.6 is 0 Å². The van der Waals surface area contributed by atoms with Crippen molar-refractivity contribution < 1.29 is 4.79 Å². The number of aromatic nitrogens is 1. The van der Waals surface area contributed by atoms with E-state index in [1.54, 1.807) is 12.5 Å². The Labute approximate surface area is 164 Å². The van der Waals surface area contributed by atoms with Gasteiger partial charge in [0.05, 0.1) is 0 Å². The number of rotatable bonds is 9. The predicted octanol–water partition coefficient (Wildman–Crippen LogP) is 5.84. The third kappa shape index (κ3) is 5.32. The van der Waals surface area contributed by atoms with Crippen LogP contribution in [0, 0.1) is 0 Å². The molecule has 0 spiro atoms. The highest BCUT2D eigenvalue weighted by atomic mass is 16.1. The number of piperidine rings is 1. The fourth-order valence-electron chi connectivity index (χ4n) is 4.15. The summed E-state index contributed by atoms with van der Waals surface area (Å²) in [6, 6.07) is 8.25. The van der Waals surface area contributed by atoms with E-state index in [1.807, 2.05) is 12.3 Å². The molecule has 0 aliphatic carbocycles. The monoisotopic (exact) mass is 366 g/mol. The second kappa shape index (κ2) is 9.89. The first-order valence-corrected chi connectivity index (χ1v) is 10.7. The number of hydrogen-bond donors (Lipinski definition) is 0. The number of likely N-dealkylation sites (tertiary alicyclic amines) is 1. The lowest BCUT2D eigenvalue weighted by atomic mass is 10.0. The molecule has 1 aromatic heterocycles. The summed E-state index contributed by atoms with van der Waals surface area (Å²) in [5, 5.41) is 1.08. The average molecular weight is 367 g/mol. The van der Waals surface area contributed by atoms with Crippen LogP contribution in [-0.2, 0) is 6.54 Å². The molecule has 1 aromatic carbocycles. The van der Waals surface area contributed by atoms with Gasteiger partial charge in [0.2, 0.25) is 0 Å². The molecular weight excluding hydrogens is 332 g/mol. The number of fused-ring (bicyclic) bond motifs is 1. The van der Waals surface area contributed by atoms with Gasteiger partial charge < -0.3 is 9.47 Å². The molecular formula is C24H34N2O. The van der Waals surface area contributed by atoms with Crippen molar-refractivity contribution in [2.45, 2.75) is 65.3 Å². The summed E-state index contributed by atoms with van der Waals surface area (Å²) < 4.78 is 2.26. The molecule has 0 saturated carbocycles. The Morgan fingerprint density at radius 3 is 2.59 bits per heavy atom. The van der Waals surface area contributed by atoms with E-state index >= 15 is 0 Å². The van der Waals surface area contributed by atoms with Crippen LogP contribution < -0.4 is 0 Å². The molecule has 27 heavy (non-hydrogen) atoms.